The first-order valence-corrected chi connectivity index (χ1v) is 7.98. The molecule has 4 heteroatoms. The van der Waals surface area contributed by atoms with Gasteiger partial charge in [-0.1, -0.05) is 44.2 Å². The van der Waals surface area contributed by atoms with E-state index in [-0.39, 0.29) is 35.8 Å². The first kappa shape index (κ1) is 15.8. The number of carbonyl (C=O) groups is 2. The maximum absolute atomic E-state index is 12.6. The predicted octanol–water partition coefficient (Wildman–Crippen LogP) is 3.58. The highest BCUT2D eigenvalue weighted by molar-refractivity contribution is 5.98. The average molecular weight is 314 g/mol. The maximum Gasteiger partial charge on any atom is 0.302 e. The number of hydrogen-bond acceptors (Lipinski definition) is 4. The highest BCUT2D eigenvalue weighted by atomic mass is 16.5. The van der Waals surface area contributed by atoms with Gasteiger partial charge in [-0.15, -0.1) is 0 Å². The summed E-state index contributed by atoms with van der Waals surface area (Å²) in [6.45, 7) is 5.72. The quantitative estimate of drug-likeness (QED) is 0.800. The van der Waals surface area contributed by atoms with Gasteiger partial charge in [0, 0.05) is 25.3 Å². The molecular formula is C19H22O4. The van der Waals surface area contributed by atoms with Crippen molar-refractivity contribution in [3.8, 4) is 0 Å². The predicted molar refractivity (Wildman–Crippen MR) is 85.4 cm³/mol. The average Bonchev–Trinajstić information content (AvgIpc) is 2.83. The molecule has 0 amide bonds. The molecule has 122 valence electrons. The van der Waals surface area contributed by atoms with Gasteiger partial charge in [0.1, 0.15) is 18.5 Å². The van der Waals surface area contributed by atoms with Gasteiger partial charge in [0.25, 0.3) is 0 Å². The number of carbonyl (C=O) groups excluding carboxylic acids is 2. The third kappa shape index (κ3) is 3.16. The molecule has 1 heterocycles. The van der Waals surface area contributed by atoms with Crippen molar-refractivity contribution in [2.24, 2.45) is 11.3 Å². The van der Waals surface area contributed by atoms with Crippen molar-refractivity contribution in [2.45, 2.75) is 39.7 Å². The maximum atomic E-state index is 12.6. The molecule has 0 bridgehead atoms. The minimum Gasteiger partial charge on any atom is -0.489 e. The topological polar surface area (TPSA) is 52.6 Å². The molecule has 0 N–H and O–H groups in total. The number of ketones is 1. The first-order valence-electron chi connectivity index (χ1n) is 7.98. The van der Waals surface area contributed by atoms with E-state index in [1.165, 1.54) is 6.92 Å². The van der Waals surface area contributed by atoms with E-state index >= 15 is 0 Å². The highest BCUT2D eigenvalue weighted by Crippen LogP contribution is 2.49. The zero-order chi connectivity index (χ0) is 16.6. The first-order chi connectivity index (χ1) is 10.9. The summed E-state index contributed by atoms with van der Waals surface area (Å²) in [6, 6.07) is 9.81. The van der Waals surface area contributed by atoms with Crippen LogP contribution in [0.5, 0.6) is 0 Å². The number of benzene rings is 1. The van der Waals surface area contributed by atoms with Crippen molar-refractivity contribution in [1.82, 2.24) is 0 Å². The van der Waals surface area contributed by atoms with Gasteiger partial charge in [-0.25, -0.2) is 0 Å². The number of allylic oxidation sites excluding steroid dienone is 1. The molecule has 2 unspecified atom stereocenters. The summed E-state index contributed by atoms with van der Waals surface area (Å²) < 4.78 is 11.4. The van der Waals surface area contributed by atoms with Gasteiger partial charge in [0.15, 0.2) is 5.78 Å². The molecule has 0 saturated heterocycles. The Balaban J connectivity index is 1.94. The van der Waals surface area contributed by atoms with Crippen LogP contribution in [0.15, 0.2) is 41.7 Å². The summed E-state index contributed by atoms with van der Waals surface area (Å²) in [7, 11) is 0. The van der Waals surface area contributed by atoms with Crippen LogP contribution in [0.4, 0.5) is 0 Å². The smallest absolute Gasteiger partial charge is 0.302 e. The lowest BCUT2D eigenvalue weighted by molar-refractivity contribution is -0.143. The zero-order valence-corrected chi connectivity index (χ0v) is 13.8. The number of ether oxygens (including phenoxy) is 2. The molecule has 23 heavy (non-hydrogen) atoms. The van der Waals surface area contributed by atoms with Gasteiger partial charge in [-0.05, 0) is 11.0 Å². The van der Waals surface area contributed by atoms with Crippen molar-refractivity contribution in [1.29, 1.82) is 0 Å². The fourth-order valence-electron chi connectivity index (χ4n) is 3.50. The van der Waals surface area contributed by atoms with Gasteiger partial charge >= 0.3 is 5.97 Å². The van der Waals surface area contributed by atoms with E-state index in [2.05, 4.69) is 13.8 Å². The summed E-state index contributed by atoms with van der Waals surface area (Å²) in [5.41, 5.74) is 1.64. The van der Waals surface area contributed by atoms with Gasteiger partial charge < -0.3 is 9.47 Å². The second kappa shape index (κ2) is 5.84. The van der Waals surface area contributed by atoms with Crippen LogP contribution in [0.1, 0.15) is 45.3 Å². The Morgan fingerprint density at radius 1 is 1.26 bits per heavy atom. The van der Waals surface area contributed by atoms with Crippen LogP contribution in [-0.2, 0) is 19.1 Å². The largest absolute Gasteiger partial charge is 0.489 e. The molecule has 3 rings (SSSR count). The molecule has 1 aliphatic heterocycles. The van der Waals surface area contributed by atoms with Crippen LogP contribution in [0.3, 0.4) is 0 Å². The molecular weight excluding hydrogens is 292 g/mol. The molecule has 1 aliphatic carbocycles. The van der Waals surface area contributed by atoms with Crippen molar-refractivity contribution < 1.29 is 19.1 Å². The third-order valence-electron chi connectivity index (χ3n) is 4.48. The van der Waals surface area contributed by atoms with Crippen LogP contribution in [0, 0.1) is 11.3 Å². The van der Waals surface area contributed by atoms with E-state index in [0.717, 1.165) is 23.3 Å². The fourth-order valence-corrected chi connectivity index (χ4v) is 3.50. The van der Waals surface area contributed by atoms with Crippen molar-refractivity contribution in [2.75, 3.05) is 6.61 Å². The Morgan fingerprint density at radius 2 is 1.96 bits per heavy atom. The van der Waals surface area contributed by atoms with Crippen molar-refractivity contribution in [3.05, 3.63) is 47.2 Å². The molecule has 2 aliphatic rings. The molecule has 0 spiro atoms. The van der Waals surface area contributed by atoms with Crippen LogP contribution in [0.25, 0.3) is 0 Å². The normalized spacial score (nSPS) is 25.8. The SMILES string of the molecule is CC(=O)OCC1C2=C(CC(C)(C)CC2=O)OC1c1ccccc1. The molecule has 4 nitrogen and oxygen atoms in total. The number of esters is 1. The summed E-state index contributed by atoms with van der Waals surface area (Å²) in [4.78, 5) is 23.9. The van der Waals surface area contributed by atoms with Gasteiger partial charge in [0.05, 0.1) is 5.92 Å². The van der Waals surface area contributed by atoms with Crippen molar-refractivity contribution >= 4 is 11.8 Å². The third-order valence-corrected chi connectivity index (χ3v) is 4.48. The Labute approximate surface area is 136 Å². The molecule has 0 fully saturated rings. The lowest BCUT2D eigenvalue weighted by Crippen LogP contribution is -2.28. The van der Waals surface area contributed by atoms with E-state index in [9.17, 15) is 9.59 Å². The summed E-state index contributed by atoms with van der Waals surface area (Å²) in [6.07, 6.45) is 0.986. The van der Waals surface area contributed by atoms with Crippen LogP contribution < -0.4 is 0 Å². The monoisotopic (exact) mass is 314 g/mol. The van der Waals surface area contributed by atoms with Crippen LogP contribution >= 0.6 is 0 Å². The molecule has 0 radical (unpaired) electrons. The van der Waals surface area contributed by atoms with Gasteiger partial charge in [0.2, 0.25) is 0 Å². The molecule has 1 aromatic rings. The Morgan fingerprint density at radius 3 is 2.61 bits per heavy atom. The summed E-state index contributed by atoms with van der Waals surface area (Å²) >= 11 is 0. The van der Waals surface area contributed by atoms with Gasteiger partial charge in [-0.3, -0.25) is 9.59 Å². The van der Waals surface area contributed by atoms with E-state index in [1.54, 1.807) is 0 Å². The minimum absolute atomic E-state index is 0.0898. The molecule has 0 saturated carbocycles. The Bertz CT molecular complexity index is 657. The zero-order valence-electron chi connectivity index (χ0n) is 13.8. The van der Waals surface area contributed by atoms with E-state index < -0.39 is 0 Å². The second-order valence-corrected chi connectivity index (χ2v) is 7.14. The van der Waals surface area contributed by atoms with E-state index in [4.69, 9.17) is 9.47 Å². The number of rotatable bonds is 3. The number of Topliss-reactive ketones (excluding diaryl/α,β-unsaturated/α-hetero) is 1. The fraction of sp³-hybridized carbons (Fsp3) is 0.474. The summed E-state index contributed by atoms with van der Waals surface area (Å²) in [5.74, 6) is 0.332. The van der Waals surface area contributed by atoms with E-state index in [1.807, 2.05) is 30.3 Å². The second-order valence-electron chi connectivity index (χ2n) is 7.14. The van der Waals surface area contributed by atoms with Gasteiger partial charge in [-0.2, -0.15) is 0 Å². The standard InChI is InChI=1S/C19H22O4/c1-12(20)22-11-14-17-15(21)9-19(2,3)10-16(17)23-18(14)13-7-5-4-6-8-13/h4-8,14,18H,9-11H2,1-3H3. The molecule has 0 aromatic heterocycles. The summed E-state index contributed by atoms with van der Waals surface area (Å²) in [5, 5.41) is 0. The lowest BCUT2D eigenvalue weighted by atomic mass is 9.74. The molecule has 1 aromatic carbocycles. The van der Waals surface area contributed by atoms with E-state index in [0.29, 0.717) is 6.42 Å². The number of hydrogen-bond donors (Lipinski definition) is 0. The Hall–Kier alpha value is -2.10. The van der Waals surface area contributed by atoms with Crippen molar-refractivity contribution in [3.63, 3.8) is 0 Å². The Kier molecular flexibility index (Phi) is 4.00. The molecule has 2 atom stereocenters. The lowest BCUT2D eigenvalue weighted by Gasteiger charge is -2.29. The van der Waals surface area contributed by atoms with Crippen LogP contribution in [0.2, 0.25) is 0 Å². The van der Waals surface area contributed by atoms with Crippen LogP contribution in [-0.4, -0.2) is 18.4 Å². The minimum atomic E-state index is -0.338. The highest BCUT2D eigenvalue weighted by Gasteiger charge is 2.46.